The first-order valence-corrected chi connectivity index (χ1v) is 9.09. The average molecular weight is 400 g/mol. The molecule has 0 aliphatic heterocycles. The third-order valence-corrected chi connectivity index (χ3v) is 5.71. The molecule has 0 heterocycles. The lowest BCUT2D eigenvalue weighted by Gasteiger charge is -2.20. The van der Waals surface area contributed by atoms with Gasteiger partial charge in [0, 0.05) is 19.0 Å². The Hall–Kier alpha value is -0.930. The topological polar surface area (TPSA) is 101 Å². The molecule has 1 aromatic carbocycles. The third-order valence-electron chi connectivity index (χ3n) is 3.89. The number of sulfonamides is 1. The predicted molar refractivity (Wildman–Crippen MR) is 93.5 cm³/mol. The van der Waals surface area contributed by atoms with Crippen molar-refractivity contribution in [3.8, 4) is 0 Å². The number of nitrogens with one attached hydrogen (secondary N) is 2. The Bertz CT molecular complexity index is 715. The molecule has 1 aliphatic rings. The van der Waals surface area contributed by atoms with Crippen LogP contribution >= 0.6 is 24.0 Å². The minimum Gasteiger partial charge on any atom is -0.330 e. The third kappa shape index (κ3) is 4.80. The molecule has 0 saturated heterocycles. The zero-order valence-corrected chi connectivity index (χ0v) is 15.4. The van der Waals surface area contributed by atoms with Crippen molar-refractivity contribution in [3.63, 3.8) is 0 Å². The van der Waals surface area contributed by atoms with Crippen molar-refractivity contribution in [2.24, 2.45) is 11.7 Å². The van der Waals surface area contributed by atoms with Gasteiger partial charge in [0.15, 0.2) is 0 Å². The lowest BCUT2D eigenvalue weighted by Crippen LogP contribution is -2.40. The van der Waals surface area contributed by atoms with E-state index >= 15 is 0 Å². The molecule has 1 aliphatic carbocycles. The summed E-state index contributed by atoms with van der Waals surface area (Å²) in [6, 6.07) is 1.59. The van der Waals surface area contributed by atoms with Crippen LogP contribution in [0, 0.1) is 11.7 Å². The summed E-state index contributed by atoms with van der Waals surface area (Å²) in [5, 5.41) is 2.29. The van der Waals surface area contributed by atoms with Crippen LogP contribution in [0.15, 0.2) is 17.0 Å². The summed E-state index contributed by atoms with van der Waals surface area (Å²) in [5.41, 5.74) is 5.66. The molecule has 0 radical (unpaired) electrons. The van der Waals surface area contributed by atoms with Gasteiger partial charge in [-0.2, -0.15) is 0 Å². The number of carbonyl (C=O) groups excluding carboxylic acids is 1. The van der Waals surface area contributed by atoms with Gasteiger partial charge in [-0.3, -0.25) is 4.79 Å². The number of hydrogen-bond donors (Lipinski definition) is 3. The summed E-state index contributed by atoms with van der Waals surface area (Å²) in [6.07, 6.45) is 2.38. The summed E-state index contributed by atoms with van der Waals surface area (Å²) < 4.78 is 41.5. The molecule has 0 aromatic heterocycles. The molecule has 1 fully saturated rings. The highest BCUT2D eigenvalue weighted by Gasteiger charge is 2.32. The molecule has 136 valence electrons. The highest BCUT2D eigenvalue weighted by Crippen LogP contribution is 2.30. The normalized spacial score (nSPS) is 20.5. The Kier molecular flexibility index (Phi) is 7.43. The van der Waals surface area contributed by atoms with Crippen molar-refractivity contribution in [2.45, 2.75) is 37.1 Å². The van der Waals surface area contributed by atoms with Crippen LogP contribution in [0.2, 0.25) is 5.02 Å². The van der Waals surface area contributed by atoms with Gasteiger partial charge < -0.3 is 11.1 Å². The van der Waals surface area contributed by atoms with Gasteiger partial charge in [-0.05, 0) is 31.4 Å². The summed E-state index contributed by atoms with van der Waals surface area (Å²) in [5.74, 6) is -1.37. The molecule has 0 bridgehead atoms. The first kappa shape index (κ1) is 21.1. The lowest BCUT2D eigenvalue weighted by molar-refractivity contribution is -0.114. The number of rotatable bonds is 5. The molecule has 1 saturated carbocycles. The minimum atomic E-state index is -4.06. The molecule has 10 heteroatoms. The Balaban J connectivity index is 0.00000288. The van der Waals surface area contributed by atoms with E-state index in [2.05, 4.69) is 10.0 Å². The highest BCUT2D eigenvalue weighted by molar-refractivity contribution is 7.89. The van der Waals surface area contributed by atoms with Gasteiger partial charge in [0.05, 0.1) is 10.7 Å². The van der Waals surface area contributed by atoms with Crippen LogP contribution in [0.1, 0.15) is 26.2 Å². The zero-order chi connectivity index (χ0) is 17.2. The summed E-state index contributed by atoms with van der Waals surface area (Å²) in [7, 11) is -4.06. The van der Waals surface area contributed by atoms with Crippen LogP contribution in [-0.4, -0.2) is 26.9 Å². The maximum absolute atomic E-state index is 14.2. The van der Waals surface area contributed by atoms with E-state index in [4.69, 9.17) is 17.3 Å². The van der Waals surface area contributed by atoms with Gasteiger partial charge in [0.25, 0.3) is 0 Å². The maximum atomic E-state index is 14.2. The van der Waals surface area contributed by atoms with E-state index in [1.165, 1.54) is 6.92 Å². The van der Waals surface area contributed by atoms with Crippen LogP contribution in [0.4, 0.5) is 10.1 Å². The number of benzene rings is 1. The second kappa shape index (κ2) is 8.44. The van der Waals surface area contributed by atoms with Crippen LogP contribution < -0.4 is 15.8 Å². The van der Waals surface area contributed by atoms with E-state index in [0.29, 0.717) is 13.0 Å². The maximum Gasteiger partial charge on any atom is 0.243 e. The fourth-order valence-electron chi connectivity index (χ4n) is 2.76. The van der Waals surface area contributed by atoms with Crippen LogP contribution in [0.3, 0.4) is 0 Å². The fourth-order valence-corrected chi connectivity index (χ4v) is 4.46. The predicted octanol–water partition coefficient (Wildman–Crippen LogP) is 2.26. The smallest absolute Gasteiger partial charge is 0.243 e. The van der Waals surface area contributed by atoms with Gasteiger partial charge in [-0.1, -0.05) is 18.0 Å². The number of halogens is 3. The molecule has 2 unspecified atom stereocenters. The summed E-state index contributed by atoms with van der Waals surface area (Å²) >= 11 is 5.93. The molecular weight excluding hydrogens is 380 g/mol. The molecule has 2 rings (SSSR count). The Labute approximate surface area is 151 Å². The van der Waals surface area contributed by atoms with Crippen molar-refractivity contribution in [1.29, 1.82) is 0 Å². The Morgan fingerprint density at radius 1 is 1.42 bits per heavy atom. The van der Waals surface area contributed by atoms with E-state index in [0.717, 1.165) is 25.0 Å². The Morgan fingerprint density at radius 3 is 2.67 bits per heavy atom. The van der Waals surface area contributed by atoms with Crippen LogP contribution in [0.25, 0.3) is 0 Å². The molecule has 1 amide bonds. The first-order valence-electron chi connectivity index (χ1n) is 7.23. The Morgan fingerprint density at radius 2 is 2.08 bits per heavy atom. The van der Waals surface area contributed by atoms with E-state index in [1.54, 1.807) is 0 Å². The first-order chi connectivity index (χ1) is 10.7. The quantitative estimate of drug-likeness (QED) is 0.706. The molecule has 6 nitrogen and oxygen atoms in total. The lowest BCUT2D eigenvalue weighted by atomic mass is 10.1. The van der Waals surface area contributed by atoms with E-state index in [-0.39, 0.29) is 35.1 Å². The number of amides is 1. The average Bonchev–Trinajstić information content (AvgIpc) is 2.88. The van der Waals surface area contributed by atoms with Gasteiger partial charge in [0.1, 0.15) is 10.7 Å². The van der Waals surface area contributed by atoms with Crippen molar-refractivity contribution >= 4 is 45.6 Å². The number of nitrogens with two attached hydrogens (primary N) is 1. The number of hydrogen-bond acceptors (Lipinski definition) is 4. The molecule has 24 heavy (non-hydrogen) atoms. The molecule has 4 N–H and O–H groups in total. The number of carbonyl (C=O) groups is 1. The van der Waals surface area contributed by atoms with E-state index < -0.39 is 26.6 Å². The number of anilines is 1. The van der Waals surface area contributed by atoms with Gasteiger partial charge >= 0.3 is 0 Å². The van der Waals surface area contributed by atoms with Gasteiger partial charge in [0.2, 0.25) is 15.9 Å². The molecule has 2 atom stereocenters. The van der Waals surface area contributed by atoms with Crippen molar-refractivity contribution in [3.05, 3.63) is 23.0 Å². The monoisotopic (exact) mass is 399 g/mol. The van der Waals surface area contributed by atoms with Gasteiger partial charge in [-0.25, -0.2) is 17.5 Å². The molecule has 0 spiro atoms. The second-order valence-corrected chi connectivity index (χ2v) is 7.69. The SMILES string of the molecule is CC(=O)Nc1cc(F)c(S(=O)(=O)NC2CCCC2CN)cc1Cl.Cl. The largest absolute Gasteiger partial charge is 0.330 e. The van der Waals surface area contributed by atoms with Crippen LogP contribution in [-0.2, 0) is 14.8 Å². The van der Waals surface area contributed by atoms with E-state index in [9.17, 15) is 17.6 Å². The summed E-state index contributed by atoms with van der Waals surface area (Å²) in [6.45, 7) is 1.62. The van der Waals surface area contributed by atoms with E-state index in [1.807, 2.05) is 0 Å². The minimum absolute atomic E-state index is 0. The van der Waals surface area contributed by atoms with Gasteiger partial charge in [-0.15, -0.1) is 12.4 Å². The molecule has 1 aromatic rings. The van der Waals surface area contributed by atoms with Crippen LogP contribution in [0.5, 0.6) is 0 Å². The molecular formula is C14H20Cl2FN3O3S. The van der Waals surface area contributed by atoms with Crippen molar-refractivity contribution in [1.82, 2.24) is 4.72 Å². The van der Waals surface area contributed by atoms with Crippen molar-refractivity contribution in [2.75, 3.05) is 11.9 Å². The summed E-state index contributed by atoms with van der Waals surface area (Å²) in [4.78, 5) is 10.5. The van der Waals surface area contributed by atoms with Crippen molar-refractivity contribution < 1.29 is 17.6 Å². The highest BCUT2D eigenvalue weighted by atomic mass is 35.5. The zero-order valence-electron chi connectivity index (χ0n) is 13.0. The standard InChI is InChI=1S/C14H19ClFN3O3S.ClH/c1-8(20)18-13-6-11(16)14(5-10(13)15)23(21,22)19-12-4-2-3-9(12)7-17;/h5-6,9,12,19H,2-4,7,17H2,1H3,(H,18,20);1H. The fraction of sp³-hybridized carbons (Fsp3) is 0.500. The second-order valence-electron chi connectivity index (χ2n) is 5.60.